The largest absolute Gasteiger partial charge is 0.462 e. The summed E-state index contributed by atoms with van der Waals surface area (Å²) in [6, 6.07) is 0. The number of ether oxygens (including phenoxy) is 3. The molecule has 0 aliphatic rings. The average Bonchev–Trinajstić information content (AvgIpc) is 3.37. The zero-order valence-corrected chi connectivity index (χ0v) is 47.2. The summed E-state index contributed by atoms with van der Waals surface area (Å²) in [5.41, 5.74) is 0. The van der Waals surface area contributed by atoms with Crippen LogP contribution in [0.4, 0.5) is 0 Å². The van der Waals surface area contributed by atoms with Crippen LogP contribution in [-0.2, 0) is 28.6 Å². The molecule has 0 N–H and O–H groups in total. The summed E-state index contributed by atoms with van der Waals surface area (Å²) in [5.74, 6) is -0.880. The fourth-order valence-corrected chi connectivity index (χ4v) is 8.90. The molecule has 412 valence electrons. The molecular weight excluding hydrogens is 877 g/mol. The predicted molar refractivity (Wildman–Crippen MR) is 307 cm³/mol. The molecule has 0 aliphatic heterocycles. The number of unbranched alkanes of at least 4 members (excludes halogenated alkanes) is 35. The van der Waals surface area contributed by atoms with Crippen LogP contribution >= 0.6 is 0 Å². The maximum Gasteiger partial charge on any atom is 0.306 e. The summed E-state index contributed by atoms with van der Waals surface area (Å²) < 4.78 is 16.9. The lowest BCUT2D eigenvalue weighted by atomic mass is 10.0. The molecule has 0 saturated heterocycles. The molecule has 0 heterocycles. The quantitative estimate of drug-likeness (QED) is 0.0261. The first-order chi connectivity index (χ1) is 35.0. The van der Waals surface area contributed by atoms with Crippen molar-refractivity contribution < 1.29 is 28.6 Å². The fourth-order valence-electron chi connectivity index (χ4n) is 8.90. The highest BCUT2D eigenvalue weighted by atomic mass is 16.6. The number of esters is 3. The normalized spacial score (nSPS) is 12.4. The van der Waals surface area contributed by atoms with Gasteiger partial charge in [0.1, 0.15) is 13.2 Å². The van der Waals surface area contributed by atoms with Crippen LogP contribution in [0, 0.1) is 0 Å². The fraction of sp³-hybridized carbons (Fsp3) is 0.800. The van der Waals surface area contributed by atoms with Gasteiger partial charge in [0.25, 0.3) is 0 Å². The van der Waals surface area contributed by atoms with E-state index >= 15 is 0 Å². The number of hydrogen-bond donors (Lipinski definition) is 0. The van der Waals surface area contributed by atoms with Crippen LogP contribution in [0.25, 0.3) is 0 Å². The van der Waals surface area contributed by atoms with E-state index in [1.54, 1.807) is 0 Å². The molecule has 6 nitrogen and oxygen atoms in total. The molecule has 0 aromatic heterocycles. The molecule has 1 atom stereocenters. The molecule has 0 spiro atoms. The summed E-state index contributed by atoms with van der Waals surface area (Å²) in [5, 5.41) is 0. The van der Waals surface area contributed by atoms with Gasteiger partial charge in [-0.3, -0.25) is 14.4 Å². The zero-order valence-electron chi connectivity index (χ0n) is 47.2. The molecule has 0 aliphatic carbocycles. The van der Waals surface area contributed by atoms with Crippen molar-refractivity contribution in [2.24, 2.45) is 0 Å². The van der Waals surface area contributed by atoms with Gasteiger partial charge in [0.05, 0.1) is 0 Å². The summed E-state index contributed by atoms with van der Waals surface area (Å²) >= 11 is 0. The van der Waals surface area contributed by atoms with E-state index in [0.29, 0.717) is 19.3 Å². The van der Waals surface area contributed by atoms with Crippen molar-refractivity contribution in [2.45, 2.75) is 322 Å². The monoisotopic (exact) mass is 993 g/mol. The number of rotatable bonds is 56. The van der Waals surface area contributed by atoms with E-state index in [2.05, 4.69) is 81.5 Å². The minimum atomic E-state index is -0.781. The van der Waals surface area contributed by atoms with Crippen LogP contribution in [0.1, 0.15) is 316 Å². The minimum absolute atomic E-state index is 0.0775. The number of allylic oxidation sites excluding steroid dienone is 10. The highest BCUT2D eigenvalue weighted by Gasteiger charge is 2.19. The predicted octanol–water partition coefficient (Wildman–Crippen LogP) is 20.8. The standard InChI is InChI=1S/C65H116O6/c1-4-7-10-13-16-19-22-25-28-30-32-34-37-40-43-46-49-52-55-58-64(67)70-61-62(60-69-63(66)57-54-51-48-45-42-39-36-27-24-21-18-15-12-9-6-3)71-65(68)59-56-53-50-47-44-41-38-35-33-31-29-26-23-20-17-14-11-8-5-2/h7,10,16,19,25,28,31-34,62H,4-6,8-9,11-15,17-18,20-24,26-27,29-30,35-61H2,1-3H3/b10-7-,19-16-,28-25-,33-31-,34-32-. The summed E-state index contributed by atoms with van der Waals surface area (Å²) in [6.45, 7) is 6.55. The van der Waals surface area contributed by atoms with Gasteiger partial charge in [-0.2, -0.15) is 0 Å². The molecule has 0 rings (SSSR count). The van der Waals surface area contributed by atoms with Gasteiger partial charge in [0.2, 0.25) is 0 Å². The van der Waals surface area contributed by atoms with Crippen molar-refractivity contribution in [3.8, 4) is 0 Å². The first kappa shape index (κ1) is 68.1. The van der Waals surface area contributed by atoms with Gasteiger partial charge in [0.15, 0.2) is 6.10 Å². The molecule has 0 bridgehead atoms. The van der Waals surface area contributed by atoms with E-state index in [0.717, 1.165) is 89.9 Å². The smallest absolute Gasteiger partial charge is 0.306 e. The Kier molecular flexibility index (Phi) is 57.2. The van der Waals surface area contributed by atoms with Crippen LogP contribution in [0.5, 0.6) is 0 Å². The third-order valence-electron chi connectivity index (χ3n) is 13.5. The molecule has 0 aromatic carbocycles. The van der Waals surface area contributed by atoms with Gasteiger partial charge in [-0.1, -0.05) is 274 Å². The first-order valence-corrected chi connectivity index (χ1v) is 30.8. The van der Waals surface area contributed by atoms with E-state index in [1.807, 2.05) is 0 Å². The summed E-state index contributed by atoms with van der Waals surface area (Å²) in [4.78, 5) is 38.3. The highest BCUT2D eigenvalue weighted by molar-refractivity contribution is 5.71. The lowest BCUT2D eigenvalue weighted by Gasteiger charge is -2.18. The first-order valence-electron chi connectivity index (χ1n) is 30.8. The van der Waals surface area contributed by atoms with Crippen molar-refractivity contribution in [3.05, 3.63) is 60.8 Å². The molecular formula is C65H116O6. The molecule has 1 unspecified atom stereocenters. The molecule has 71 heavy (non-hydrogen) atoms. The number of carbonyl (C=O) groups is 3. The molecule has 0 aromatic rings. The molecule has 0 amide bonds. The second kappa shape index (κ2) is 59.7. The topological polar surface area (TPSA) is 78.9 Å². The van der Waals surface area contributed by atoms with E-state index in [-0.39, 0.29) is 31.1 Å². The average molecular weight is 994 g/mol. The maximum atomic E-state index is 12.9. The zero-order chi connectivity index (χ0) is 51.4. The van der Waals surface area contributed by atoms with E-state index in [1.165, 1.54) is 186 Å². The van der Waals surface area contributed by atoms with E-state index < -0.39 is 6.10 Å². The summed E-state index contributed by atoms with van der Waals surface area (Å²) in [6.07, 6.45) is 75.0. The van der Waals surface area contributed by atoms with Crippen LogP contribution < -0.4 is 0 Å². The van der Waals surface area contributed by atoms with Gasteiger partial charge in [-0.05, 0) is 83.5 Å². The van der Waals surface area contributed by atoms with E-state index in [9.17, 15) is 14.4 Å². The molecule has 6 heteroatoms. The van der Waals surface area contributed by atoms with Gasteiger partial charge in [-0.25, -0.2) is 0 Å². The van der Waals surface area contributed by atoms with Gasteiger partial charge in [0, 0.05) is 19.3 Å². The second-order valence-electron chi connectivity index (χ2n) is 20.6. The molecule has 0 fully saturated rings. The number of hydrogen-bond acceptors (Lipinski definition) is 6. The van der Waals surface area contributed by atoms with Crippen molar-refractivity contribution in [3.63, 3.8) is 0 Å². The third-order valence-corrected chi connectivity index (χ3v) is 13.5. The molecule has 0 saturated carbocycles. The SMILES string of the molecule is CC/C=C\C/C=C\C/C=C\C/C=C\CCCCCCCCC(=O)OCC(COC(=O)CCCCCCCCCCCCCCCCC)OC(=O)CCCCCCCCC/C=C\CCCCCCCCCC. The maximum absolute atomic E-state index is 12.9. The Morgan fingerprint density at radius 1 is 0.296 bits per heavy atom. The Bertz CT molecular complexity index is 1280. The Hall–Kier alpha value is -2.89. The van der Waals surface area contributed by atoms with Crippen molar-refractivity contribution >= 4 is 17.9 Å². The molecule has 0 radical (unpaired) electrons. The van der Waals surface area contributed by atoms with Crippen molar-refractivity contribution in [1.29, 1.82) is 0 Å². The third kappa shape index (κ3) is 57.9. The van der Waals surface area contributed by atoms with Gasteiger partial charge >= 0.3 is 17.9 Å². The van der Waals surface area contributed by atoms with Crippen molar-refractivity contribution in [1.82, 2.24) is 0 Å². The van der Waals surface area contributed by atoms with Gasteiger partial charge in [-0.15, -0.1) is 0 Å². The van der Waals surface area contributed by atoms with E-state index in [4.69, 9.17) is 14.2 Å². The Morgan fingerprint density at radius 2 is 0.549 bits per heavy atom. The highest BCUT2D eigenvalue weighted by Crippen LogP contribution is 2.16. The van der Waals surface area contributed by atoms with Gasteiger partial charge < -0.3 is 14.2 Å². The minimum Gasteiger partial charge on any atom is -0.462 e. The number of carbonyl (C=O) groups excluding carboxylic acids is 3. The lowest BCUT2D eigenvalue weighted by molar-refractivity contribution is -0.167. The van der Waals surface area contributed by atoms with Crippen molar-refractivity contribution in [2.75, 3.05) is 13.2 Å². The lowest BCUT2D eigenvalue weighted by Crippen LogP contribution is -2.30. The van der Waals surface area contributed by atoms with Crippen LogP contribution in [-0.4, -0.2) is 37.2 Å². The Balaban J connectivity index is 4.38. The second-order valence-corrected chi connectivity index (χ2v) is 20.6. The Morgan fingerprint density at radius 3 is 0.873 bits per heavy atom. The Labute approximate surface area is 440 Å². The van der Waals surface area contributed by atoms with Crippen LogP contribution in [0.15, 0.2) is 60.8 Å². The summed E-state index contributed by atoms with van der Waals surface area (Å²) in [7, 11) is 0. The van der Waals surface area contributed by atoms with Crippen LogP contribution in [0.3, 0.4) is 0 Å². The van der Waals surface area contributed by atoms with Crippen LogP contribution in [0.2, 0.25) is 0 Å².